The fraction of sp³-hybridized carbons (Fsp3) is 0.533. The molecular weight excluding hydrogens is 266 g/mol. The van der Waals surface area contributed by atoms with Gasteiger partial charge in [0.05, 0.1) is 0 Å². The average Bonchev–Trinajstić information content (AvgIpc) is 2.79. The van der Waals surface area contributed by atoms with Crippen molar-refractivity contribution in [2.45, 2.75) is 26.4 Å². The van der Waals surface area contributed by atoms with Crippen molar-refractivity contribution in [1.82, 2.24) is 25.2 Å². The Morgan fingerprint density at radius 1 is 1.24 bits per heavy atom. The van der Waals surface area contributed by atoms with Gasteiger partial charge in [0.1, 0.15) is 17.6 Å². The number of rotatable bonds is 6. The van der Waals surface area contributed by atoms with Crippen molar-refractivity contribution in [2.75, 3.05) is 20.6 Å². The Kier molecular flexibility index (Phi) is 4.90. The van der Waals surface area contributed by atoms with Crippen LogP contribution in [0.15, 0.2) is 24.3 Å². The summed E-state index contributed by atoms with van der Waals surface area (Å²) in [5.41, 5.74) is 1.61. The largest absolute Gasteiger partial charge is 0.353 e. The molecule has 1 unspecified atom stereocenters. The van der Waals surface area contributed by atoms with Crippen molar-refractivity contribution in [3.05, 3.63) is 24.3 Å². The molecule has 0 spiro atoms. The van der Waals surface area contributed by atoms with Crippen molar-refractivity contribution >= 4 is 16.9 Å². The van der Waals surface area contributed by atoms with Gasteiger partial charge in [0.25, 0.3) is 0 Å². The van der Waals surface area contributed by atoms with Gasteiger partial charge in [-0.1, -0.05) is 26.0 Å². The van der Waals surface area contributed by atoms with Gasteiger partial charge >= 0.3 is 0 Å². The number of amides is 1. The van der Waals surface area contributed by atoms with E-state index in [1.807, 2.05) is 38.4 Å². The molecule has 1 heterocycles. The molecule has 1 N–H and O–H groups in total. The van der Waals surface area contributed by atoms with Crippen LogP contribution in [-0.4, -0.2) is 52.5 Å². The van der Waals surface area contributed by atoms with Gasteiger partial charge in [-0.3, -0.25) is 4.79 Å². The first kappa shape index (κ1) is 15.4. The Morgan fingerprint density at radius 3 is 2.29 bits per heavy atom. The number of carbonyl (C=O) groups is 1. The van der Waals surface area contributed by atoms with E-state index in [2.05, 4.69) is 34.3 Å². The van der Waals surface area contributed by atoms with Gasteiger partial charge in [0, 0.05) is 12.6 Å². The average molecular weight is 289 g/mol. The molecule has 6 nitrogen and oxygen atoms in total. The number of nitrogens with one attached hydrogen (secondary N) is 1. The van der Waals surface area contributed by atoms with Gasteiger partial charge in [-0.15, -0.1) is 0 Å². The number of aromatic nitrogens is 3. The molecule has 0 saturated carbocycles. The molecule has 0 aliphatic heterocycles. The van der Waals surface area contributed by atoms with Crippen LogP contribution in [-0.2, 0) is 11.3 Å². The second-order valence-corrected chi connectivity index (χ2v) is 5.80. The standard InChI is InChI=1S/C15H23N5O/c1-11(2)14(19(3)4)9-16-15(21)10-20-17-12-7-5-6-8-13(12)18-20/h5-8,11,14H,9-10H2,1-4H3,(H,16,21). The first-order valence-corrected chi connectivity index (χ1v) is 7.20. The lowest BCUT2D eigenvalue weighted by Crippen LogP contribution is -2.44. The summed E-state index contributed by atoms with van der Waals surface area (Å²) in [5.74, 6) is 0.411. The highest BCUT2D eigenvalue weighted by atomic mass is 16.2. The molecule has 2 aromatic rings. The van der Waals surface area contributed by atoms with Crippen LogP contribution in [0.2, 0.25) is 0 Å². The van der Waals surface area contributed by atoms with E-state index in [1.165, 1.54) is 4.80 Å². The summed E-state index contributed by atoms with van der Waals surface area (Å²) in [5, 5.41) is 11.5. The van der Waals surface area contributed by atoms with Crippen LogP contribution in [0.3, 0.4) is 0 Å². The number of benzene rings is 1. The molecule has 1 aromatic carbocycles. The minimum atomic E-state index is -0.0668. The predicted octanol–water partition coefficient (Wildman–Crippen LogP) is 1.13. The zero-order chi connectivity index (χ0) is 15.4. The monoisotopic (exact) mass is 289 g/mol. The topological polar surface area (TPSA) is 63.1 Å². The molecule has 0 radical (unpaired) electrons. The molecule has 0 aliphatic rings. The summed E-state index contributed by atoms with van der Waals surface area (Å²) >= 11 is 0. The number of hydrogen-bond acceptors (Lipinski definition) is 4. The molecule has 1 amide bonds. The van der Waals surface area contributed by atoms with E-state index in [4.69, 9.17) is 0 Å². The summed E-state index contributed by atoms with van der Waals surface area (Å²) in [6.07, 6.45) is 0. The normalized spacial score (nSPS) is 13.0. The van der Waals surface area contributed by atoms with Crippen molar-refractivity contribution < 1.29 is 4.79 Å². The van der Waals surface area contributed by atoms with Crippen molar-refractivity contribution in [1.29, 1.82) is 0 Å². The number of carbonyl (C=O) groups excluding carboxylic acids is 1. The Hall–Kier alpha value is -1.95. The molecule has 21 heavy (non-hydrogen) atoms. The lowest BCUT2D eigenvalue weighted by Gasteiger charge is -2.28. The summed E-state index contributed by atoms with van der Waals surface area (Å²) in [6, 6.07) is 7.91. The number of fused-ring (bicyclic) bond motifs is 1. The van der Waals surface area contributed by atoms with Crippen molar-refractivity contribution in [2.24, 2.45) is 5.92 Å². The fourth-order valence-corrected chi connectivity index (χ4v) is 2.39. The summed E-state index contributed by atoms with van der Waals surface area (Å²) in [4.78, 5) is 15.6. The zero-order valence-corrected chi connectivity index (χ0v) is 13.1. The summed E-state index contributed by atoms with van der Waals surface area (Å²) < 4.78 is 0. The Bertz CT molecular complexity index is 564. The third kappa shape index (κ3) is 4.01. The maximum Gasteiger partial charge on any atom is 0.243 e. The maximum absolute atomic E-state index is 12.0. The minimum absolute atomic E-state index is 0.0668. The van der Waals surface area contributed by atoms with Crippen LogP contribution in [0.1, 0.15) is 13.8 Å². The third-order valence-electron chi connectivity index (χ3n) is 3.55. The third-order valence-corrected chi connectivity index (χ3v) is 3.55. The van der Waals surface area contributed by atoms with E-state index in [-0.39, 0.29) is 12.5 Å². The van der Waals surface area contributed by atoms with E-state index < -0.39 is 0 Å². The molecule has 2 rings (SSSR count). The Labute approximate surface area is 125 Å². The predicted molar refractivity (Wildman–Crippen MR) is 82.9 cm³/mol. The number of likely N-dealkylation sites (N-methyl/N-ethyl adjacent to an activating group) is 1. The Balaban J connectivity index is 1.92. The van der Waals surface area contributed by atoms with Crippen LogP contribution < -0.4 is 5.32 Å². The van der Waals surface area contributed by atoms with E-state index in [0.717, 1.165) is 11.0 Å². The van der Waals surface area contributed by atoms with Gasteiger partial charge < -0.3 is 10.2 Å². The van der Waals surface area contributed by atoms with Gasteiger partial charge in [-0.2, -0.15) is 15.0 Å². The fourth-order valence-electron chi connectivity index (χ4n) is 2.39. The number of nitrogens with zero attached hydrogens (tertiary/aromatic N) is 4. The SMILES string of the molecule is CC(C)C(CNC(=O)Cn1nc2ccccc2n1)N(C)C. The molecule has 1 aromatic heterocycles. The van der Waals surface area contributed by atoms with Crippen molar-refractivity contribution in [3.63, 3.8) is 0 Å². The molecule has 114 valence electrons. The molecular formula is C15H23N5O. The van der Waals surface area contributed by atoms with Gasteiger partial charge in [-0.05, 0) is 32.1 Å². The van der Waals surface area contributed by atoms with E-state index >= 15 is 0 Å². The maximum atomic E-state index is 12.0. The Morgan fingerprint density at radius 2 is 1.81 bits per heavy atom. The molecule has 0 fully saturated rings. The molecule has 0 bridgehead atoms. The van der Waals surface area contributed by atoms with E-state index in [1.54, 1.807) is 0 Å². The zero-order valence-electron chi connectivity index (χ0n) is 13.1. The second-order valence-electron chi connectivity index (χ2n) is 5.80. The summed E-state index contributed by atoms with van der Waals surface area (Å²) in [7, 11) is 4.05. The van der Waals surface area contributed by atoms with Crippen LogP contribution in [0.5, 0.6) is 0 Å². The number of hydrogen-bond donors (Lipinski definition) is 1. The van der Waals surface area contributed by atoms with Crippen LogP contribution in [0.25, 0.3) is 11.0 Å². The minimum Gasteiger partial charge on any atom is -0.353 e. The molecule has 0 saturated heterocycles. The molecule has 6 heteroatoms. The van der Waals surface area contributed by atoms with Crippen LogP contribution in [0.4, 0.5) is 0 Å². The first-order chi connectivity index (χ1) is 9.97. The smallest absolute Gasteiger partial charge is 0.243 e. The summed E-state index contributed by atoms with van der Waals surface area (Å²) in [6.45, 7) is 5.08. The van der Waals surface area contributed by atoms with Gasteiger partial charge in [0.2, 0.25) is 5.91 Å². The highest BCUT2D eigenvalue weighted by Crippen LogP contribution is 2.07. The quantitative estimate of drug-likeness (QED) is 0.866. The first-order valence-electron chi connectivity index (χ1n) is 7.20. The van der Waals surface area contributed by atoms with E-state index in [9.17, 15) is 4.79 Å². The van der Waals surface area contributed by atoms with Crippen LogP contribution >= 0.6 is 0 Å². The highest BCUT2D eigenvalue weighted by molar-refractivity contribution is 5.77. The van der Waals surface area contributed by atoms with E-state index in [0.29, 0.717) is 18.5 Å². The second kappa shape index (κ2) is 6.67. The van der Waals surface area contributed by atoms with Crippen LogP contribution in [0, 0.1) is 5.92 Å². The lowest BCUT2D eigenvalue weighted by atomic mass is 10.0. The highest BCUT2D eigenvalue weighted by Gasteiger charge is 2.17. The van der Waals surface area contributed by atoms with Gasteiger partial charge in [-0.25, -0.2) is 0 Å². The van der Waals surface area contributed by atoms with Crippen molar-refractivity contribution in [3.8, 4) is 0 Å². The van der Waals surface area contributed by atoms with Gasteiger partial charge in [0.15, 0.2) is 0 Å². The molecule has 1 atom stereocenters. The lowest BCUT2D eigenvalue weighted by molar-refractivity contribution is -0.122. The molecule has 0 aliphatic carbocycles.